The summed E-state index contributed by atoms with van der Waals surface area (Å²) in [5, 5.41) is 22.7. The first kappa shape index (κ1) is 12.8. The lowest BCUT2D eigenvalue weighted by Crippen LogP contribution is -2.30. The van der Waals surface area contributed by atoms with Crippen LogP contribution >= 0.6 is 0 Å². The average Bonchev–Trinajstić information content (AvgIpc) is 2.46. The van der Waals surface area contributed by atoms with Gasteiger partial charge in [-0.1, -0.05) is 12.1 Å². The number of benzene rings is 2. The molecule has 0 spiro atoms. The zero-order chi connectivity index (χ0) is 14.1. The Hall–Kier alpha value is -2.20. The van der Waals surface area contributed by atoms with Crippen LogP contribution in [0.5, 0.6) is 17.2 Å². The lowest BCUT2D eigenvalue weighted by Gasteiger charge is -2.28. The van der Waals surface area contributed by atoms with Gasteiger partial charge in [0.15, 0.2) is 11.5 Å². The van der Waals surface area contributed by atoms with E-state index in [4.69, 9.17) is 4.74 Å². The van der Waals surface area contributed by atoms with Crippen LogP contribution in [0.25, 0.3) is 0 Å². The lowest BCUT2D eigenvalue weighted by molar-refractivity contribution is 0.371. The van der Waals surface area contributed by atoms with Crippen molar-refractivity contribution in [2.45, 2.75) is 12.5 Å². The fraction of sp³-hybridized carbons (Fsp3) is 0.250. The second-order valence-corrected chi connectivity index (χ2v) is 4.95. The van der Waals surface area contributed by atoms with Gasteiger partial charge in [0.25, 0.3) is 0 Å². The Morgan fingerprint density at radius 3 is 2.60 bits per heavy atom. The molecule has 4 heteroatoms. The molecular weight excluding hydrogens is 254 g/mol. The van der Waals surface area contributed by atoms with Gasteiger partial charge in [-0.3, -0.25) is 0 Å². The van der Waals surface area contributed by atoms with Gasteiger partial charge < -0.3 is 20.3 Å². The minimum atomic E-state index is 0.0499. The van der Waals surface area contributed by atoms with Gasteiger partial charge in [-0.2, -0.15) is 0 Å². The van der Waals surface area contributed by atoms with Gasteiger partial charge in [0.05, 0.1) is 13.2 Å². The summed E-state index contributed by atoms with van der Waals surface area (Å²) in [6.45, 7) is 0.851. The van der Waals surface area contributed by atoms with Crippen molar-refractivity contribution in [3.8, 4) is 17.2 Å². The van der Waals surface area contributed by atoms with Crippen molar-refractivity contribution in [1.29, 1.82) is 0 Å². The van der Waals surface area contributed by atoms with E-state index in [1.54, 1.807) is 25.3 Å². The lowest BCUT2D eigenvalue weighted by atomic mass is 9.89. The fourth-order valence-corrected chi connectivity index (χ4v) is 2.70. The van der Waals surface area contributed by atoms with E-state index in [-0.39, 0.29) is 17.5 Å². The number of nitrogens with one attached hydrogen (secondary N) is 1. The Balaban J connectivity index is 2.06. The summed E-state index contributed by atoms with van der Waals surface area (Å²) in [5.41, 5.74) is 3.31. The Bertz CT molecular complexity index is 622. The molecule has 1 aliphatic heterocycles. The highest BCUT2D eigenvalue weighted by Gasteiger charge is 2.23. The van der Waals surface area contributed by atoms with E-state index in [0.717, 1.165) is 29.7 Å². The first-order chi connectivity index (χ1) is 9.69. The van der Waals surface area contributed by atoms with E-state index >= 15 is 0 Å². The van der Waals surface area contributed by atoms with E-state index < -0.39 is 0 Å². The smallest absolute Gasteiger partial charge is 0.160 e. The SMILES string of the molecule is COc1cc2c(cc1O)CCNC2c1ccc(O)cc1. The highest BCUT2D eigenvalue weighted by atomic mass is 16.5. The first-order valence-corrected chi connectivity index (χ1v) is 6.61. The summed E-state index contributed by atoms with van der Waals surface area (Å²) in [7, 11) is 1.55. The Morgan fingerprint density at radius 2 is 1.90 bits per heavy atom. The van der Waals surface area contributed by atoms with Gasteiger partial charge in [0.2, 0.25) is 0 Å². The Labute approximate surface area is 117 Å². The van der Waals surface area contributed by atoms with Gasteiger partial charge in [-0.15, -0.1) is 0 Å². The third-order valence-corrected chi connectivity index (χ3v) is 3.72. The fourth-order valence-electron chi connectivity index (χ4n) is 2.70. The molecule has 0 fully saturated rings. The molecule has 0 radical (unpaired) electrons. The normalized spacial score (nSPS) is 17.6. The Morgan fingerprint density at radius 1 is 1.15 bits per heavy atom. The molecule has 0 bridgehead atoms. The summed E-state index contributed by atoms with van der Waals surface area (Å²) in [5.74, 6) is 0.918. The molecule has 2 aromatic rings. The molecule has 1 unspecified atom stereocenters. The summed E-state index contributed by atoms with van der Waals surface area (Å²) < 4.78 is 5.20. The van der Waals surface area contributed by atoms with Crippen LogP contribution in [0.15, 0.2) is 36.4 Å². The van der Waals surface area contributed by atoms with Gasteiger partial charge in [-0.25, -0.2) is 0 Å². The van der Waals surface area contributed by atoms with Crippen LogP contribution in [0, 0.1) is 0 Å². The second kappa shape index (κ2) is 5.06. The minimum Gasteiger partial charge on any atom is -0.508 e. The third-order valence-electron chi connectivity index (χ3n) is 3.72. The van der Waals surface area contributed by atoms with E-state index in [9.17, 15) is 10.2 Å². The standard InChI is InChI=1S/C16H17NO3/c1-20-15-9-13-11(8-14(15)19)6-7-17-16(13)10-2-4-12(18)5-3-10/h2-5,8-9,16-19H,6-7H2,1H3. The van der Waals surface area contributed by atoms with Crippen LogP contribution in [0.1, 0.15) is 22.7 Å². The van der Waals surface area contributed by atoms with Crippen LogP contribution in [-0.2, 0) is 6.42 Å². The van der Waals surface area contributed by atoms with Crippen molar-refractivity contribution in [2.24, 2.45) is 0 Å². The molecule has 0 aromatic heterocycles. The van der Waals surface area contributed by atoms with Crippen LogP contribution in [0.2, 0.25) is 0 Å². The molecule has 2 aromatic carbocycles. The largest absolute Gasteiger partial charge is 0.508 e. The van der Waals surface area contributed by atoms with E-state index in [0.29, 0.717) is 5.75 Å². The predicted octanol–water partition coefficient (Wildman–Crippen LogP) is 2.34. The zero-order valence-corrected chi connectivity index (χ0v) is 11.3. The Kier molecular flexibility index (Phi) is 3.24. The van der Waals surface area contributed by atoms with Gasteiger partial charge in [0, 0.05) is 6.54 Å². The van der Waals surface area contributed by atoms with E-state index in [1.807, 2.05) is 18.2 Å². The molecule has 1 aliphatic rings. The molecule has 3 rings (SSSR count). The number of phenolic OH excluding ortho intramolecular Hbond substituents is 2. The number of methoxy groups -OCH3 is 1. The van der Waals surface area contributed by atoms with Crippen molar-refractivity contribution in [3.63, 3.8) is 0 Å². The number of phenols is 2. The molecule has 20 heavy (non-hydrogen) atoms. The average molecular weight is 271 g/mol. The molecular formula is C16H17NO3. The maximum atomic E-state index is 9.88. The number of hydrogen-bond donors (Lipinski definition) is 3. The number of rotatable bonds is 2. The third kappa shape index (κ3) is 2.18. The van der Waals surface area contributed by atoms with Crippen molar-refractivity contribution >= 4 is 0 Å². The topological polar surface area (TPSA) is 61.7 Å². The zero-order valence-electron chi connectivity index (χ0n) is 11.3. The molecule has 0 saturated heterocycles. The molecule has 4 nitrogen and oxygen atoms in total. The molecule has 1 atom stereocenters. The summed E-state index contributed by atoms with van der Waals surface area (Å²) in [6.07, 6.45) is 0.876. The van der Waals surface area contributed by atoms with Gasteiger partial charge in [0.1, 0.15) is 5.75 Å². The van der Waals surface area contributed by atoms with Crippen molar-refractivity contribution in [3.05, 3.63) is 53.1 Å². The molecule has 104 valence electrons. The molecule has 0 amide bonds. The van der Waals surface area contributed by atoms with Crippen molar-refractivity contribution in [2.75, 3.05) is 13.7 Å². The number of fused-ring (bicyclic) bond motifs is 1. The van der Waals surface area contributed by atoms with Crippen molar-refractivity contribution < 1.29 is 14.9 Å². The highest BCUT2D eigenvalue weighted by Crippen LogP contribution is 2.36. The monoisotopic (exact) mass is 271 g/mol. The summed E-state index contributed by atoms with van der Waals surface area (Å²) >= 11 is 0. The predicted molar refractivity (Wildman–Crippen MR) is 76.3 cm³/mol. The van der Waals surface area contributed by atoms with Crippen LogP contribution in [0.3, 0.4) is 0 Å². The number of ether oxygens (including phenoxy) is 1. The maximum absolute atomic E-state index is 9.88. The maximum Gasteiger partial charge on any atom is 0.160 e. The molecule has 0 saturated carbocycles. The van der Waals surface area contributed by atoms with Gasteiger partial charge in [-0.05, 0) is 47.4 Å². The van der Waals surface area contributed by atoms with E-state index in [2.05, 4.69) is 5.32 Å². The second-order valence-electron chi connectivity index (χ2n) is 4.95. The van der Waals surface area contributed by atoms with E-state index in [1.165, 1.54) is 0 Å². The minimum absolute atomic E-state index is 0.0499. The van der Waals surface area contributed by atoms with Gasteiger partial charge >= 0.3 is 0 Å². The quantitative estimate of drug-likeness (QED) is 0.784. The molecule has 3 N–H and O–H groups in total. The van der Waals surface area contributed by atoms with Crippen LogP contribution in [0.4, 0.5) is 0 Å². The first-order valence-electron chi connectivity index (χ1n) is 6.61. The number of aromatic hydroxyl groups is 2. The van der Waals surface area contributed by atoms with Crippen LogP contribution in [-0.4, -0.2) is 23.9 Å². The molecule has 0 aliphatic carbocycles. The number of hydrogen-bond acceptors (Lipinski definition) is 4. The highest BCUT2D eigenvalue weighted by molar-refractivity contribution is 5.51. The summed E-state index contributed by atoms with van der Waals surface area (Å²) in [4.78, 5) is 0. The van der Waals surface area contributed by atoms with Crippen LogP contribution < -0.4 is 10.1 Å². The van der Waals surface area contributed by atoms with Crippen molar-refractivity contribution in [1.82, 2.24) is 5.32 Å². The molecule has 1 heterocycles. The summed E-state index contributed by atoms with van der Waals surface area (Å²) in [6, 6.07) is 10.9.